The summed E-state index contributed by atoms with van der Waals surface area (Å²) in [6, 6.07) is 3.69. The molecule has 1 aromatic carbocycles. The molecule has 2 aliphatic carbocycles. The first-order valence-corrected chi connectivity index (χ1v) is 8.71. The lowest BCUT2D eigenvalue weighted by atomic mass is 9.83. The summed E-state index contributed by atoms with van der Waals surface area (Å²) in [5.41, 5.74) is 7.08. The molecule has 1 amide bonds. The first-order valence-electron chi connectivity index (χ1n) is 8.71. The molecule has 1 unspecified atom stereocenters. The molecule has 1 aliphatic heterocycles. The predicted molar refractivity (Wildman–Crippen MR) is 84.8 cm³/mol. The fourth-order valence-electron chi connectivity index (χ4n) is 3.77. The van der Waals surface area contributed by atoms with Crippen LogP contribution in [0.3, 0.4) is 0 Å². The molecule has 2 fully saturated rings. The Balaban J connectivity index is 1.68. The number of hydrogen-bond acceptors (Lipinski definition) is 3. The fraction of sp³-hybridized carbons (Fsp3) is 0.611. The number of amides is 1. The Labute approximate surface area is 135 Å². The maximum Gasteiger partial charge on any atom is 0.254 e. The second-order valence-electron chi connectivity index (χ2n) is 6.98. The third-order valence-electron chi connectivity index (χ3n) is 5.56. The summed E-state index contributed by atoms with van der Waals surface area (Å²) in [4.78, 5) is 15.3. The van der Waals surface area contributed by atoms with Crippen LogP contribution in [-0.4, -0.2) is 29.1 Å². The molecular formula is C18H23FN2O2. The van der Waals surface area contributed by atoms with Gasteiger partial charge in [-0.05, 0) is 57.1 Å². The smallest absolute Gasteiger partial charge is 0.254 e. The maximum atomic E-state index is 14.1. The zero-order chi connectivity index (χ0) is 16.0. The molecule has 0 spiro atoms. The van der Waals surface area contributed by atoms with Crippen LogP contribution in [0.5, 0.6) is 5.75 Å². The number of nitrogens with two attached hydrogens (primary N) is 1. The molecule has 0 saturated heterocycles. The highest BCUT2D eigenvalue weighted by atomic mass is 19.1. The topological polar surface area (TPSA) is 55.6 Å². The molecule has 4 rings (SSSR count). The molecule has 3 aliphatic rings. The second-order valence-corrected chi connectivity index (χ2v) is 6.98. The van der Waals surface area contributed by atoms with E-state index in [-0.39, 0.29) is 11.7 Å². The van der Waals surface area contributed by atoms with Gasteiger partial charge in [-0.2, -0.15) is 0 Å². The number of nitrogens with zero attached hydrogens (tertiary/aromatic N) is 1. The predicted octanol–water partition coefficient (Wildman–Crippen LogP) is 2.98. The third kappa shape index (κ3) is 2.51. The summed E-state index contributed by atoms with van der Waals surface area (Å²) in [7, 11) is 0. The van der Waals surface area contributed by atoms with Crippen molar-refractivity contribution in [3.05, 3.63) is 29.1 Å². The van der Waals surface area contributed by atoms with Crippen molar-refractivity contribution in [3.63, 3.8) is 0 Å². The molecule has 2 N–H and O–H groups in total. The summed E-state index contributed by atoms with van der Waals surface area (Å²) in [5, 5.41) is 0. The van der Waals surface area contributed by atoms with Crippen LogP contribution in [0.1, 0.15) is 60.9 Å². The molecule has 1 aromatic rings. The maximum absolute atomic E-state index is 14.1. The van der Waals surface area contributed by atoms with E-state index in [4.69, 9.17) is 10.5 Å². The zero-order valence-electron chi connectivity index (χ0n) is 13.3. The van der Waals surface area contributed by atoms with Crippen molar-refractivity contribution in [1.82, 2.24) is 4.90 Å². The van der Waals surface area contributed by atoms with Gasteiger partial charge in [0.25, 0.3) is 5.91 Å². The van der Waals surface area contributed by atoms with Crippen molar-refractivity contribution in [2.24, 2.45) is 5.73 Å². The van der Waals surface area contributed by atoms with E-state index in [2.05, 4.69) is 4.90 Å². The molecule has 1 heterocycles. The largest absolute Gasteiger partial charge is 0.472 e. The normalized spacial score (nSPS) is 24.2. The molecule has 124 valence electrons. The van der Waals surface area contributed by atoms with Gasteiger partial charge in [-0.15, -0.1) is 0 Å². The summed E-state index contributed by atoms with van der Waals surface area (Å²) < 4.78 is 19.5. The van der Waals surface area contributed by atoms with E-state index in [1.54, 1.807) is 6.07 Å². The Bertz CT molecular complexity index is 612. The summed E-state index contributed by atoms with van der Waals surface area (Å²) >= 11 is 0. The number of ether oxygens (including phenoxy) is 1. The Morgan fingerprint density at radius 3 is 2.35 bits per heavy atom. The number of carbonyl (C=O) groups is 1. The van der Waals surface area contributed by atoms with Gasteiger partial charge >= 0.3 is 0 Å². The standard InChI is InChI=1S/C18H23FN2O2/c19-15-9-7-14(13-8-10-16(20)23-17(13)15)18(22)21(11-3-1-4-11)12-5-2-6-12/h7,9,11-12,16H,1-6,8,10,20H2. The Hall–Kier alpha value is -1.62. The minimum absolute atomic E-state index is 0.0507. The molecule has 0 aromatic heterocycles. The highest BCUT2D eigenvalue weighted by Crippen LogP contribution is 2.38. The van der Waals surface area contributed by atoms with Gasteiger partial charge in [0.1, 0.15) is 6.23 Å². The first kappa shape index (κ1) is 14.9. The average molecular weight is 318 g/mol. The van der Waals surface area contributed by atoms with Crippen LogP contribution in [0, 0.1) is 5.82 Å². The lowest BCUT2D eigenvalue weighted by molar-refractivity contribution is 0.0282. The lowest BCUT2D eigenvalue weighted by Crippen LogP contribution is -2.52. The summed E-state index contributed by atoms with van der Waals surface area (Å²) in [6.07, 6.45) is 7.47. The second kappa shape index (κ2) is 5.78. The average Bonchev–Trinajstić information content (AvgIpc) is 2.43. The van der Waals surface area contributed by atoms with Crippen molar-refractivity contribution in [2.75, 3.05) is 0 Å². The van der Waals surface area contributed by atoms with Gasteiger partial charge in [0.15, 0.2) is 11.6 Å². The highest BCUT2D eigenvalue weighted by Gasteiger charge is 2.38. The van der Waals surface area contributed by atoms with E-state index >= 15 is 0 Å². The number of benzene rings is 1. The van der Waals surface area contributed by atoms with Crippen molar-refractivity contribution in [2.45, 2.75) is 69.7 Å². The van der Waals surface area contributed by atoms with Gasteiger partial charge in [-0.25, -0.2) is 4.39 Å². The molecular weight excluding hydrogens is 295 g/mol. The van der Waals surface area contributed by atoms with Gasteiger partial charge in [0.05, 0.1) is 0 Å². The summed E-state index contributed by atoms with van der Waals surface area (Å²) in [6.45, 7) is 0. The van der Waals surface area contributed by atoms with Crippen LogP contribution in [0.15, 0.2) is 12.1 Å². The van der Waals surface area contributed by atoms with Gasteiger partial charge in [0.2, 0.25) is 0 Å². The molecule has 1 atom stereocenters. The minimum Gasteiger partial charge on any atom is -0.472 e. The third-order valence-corrected chi connectivity index (χ3v) is 5.56. The molecule has 5 heteroatoms. The molecule has 2 saturated carbocycles. The van der Waals surface area contributed by atoms with E-state index in [1.165, 1.54) is 18.9 Å². The molecule has 0 bridgehead atoms. The molecule has 4 nitrogen and oxygen atoms in total. The van der Waals surface area contributed by atoms with Crippen LogP contribution in [0.25, 0.3) is 0 Å². The van der Waals surface area contributed by atoms with E-state index in [0.717, 1.165) is 25.7 Å². The number of halogens is 1. The van der Waals surface area contributed by atoms with Crippen LogP contribution in [-0.2, 0) is 6.42 Å². The van der Waals surface area contributed by atoms with Gasteiger partial charge < -0.3 is 9.64 Å². The number of carbonyl (C=O) groups excluding carboxylic acids is 1. The Morgan fingerprint density at radius 1 is 1.13 bits per heavy atom. The van der Waals surface area contributed by atoms with Gasteiger partial charge in [-0.1, -0.05) is 0 Å². The van der Waals surface area contributed by atoms with Crippen molar-refractivity contribution >= 4 is 5.91 Å². The summed E-state index contributed by atoms with van der Waals surface area (Å²) in [5.74, 6) is -0.197. The van der Waals surface area contributed by atoms with E-state index in [0.29, 0.717) is 36.1 Å². The number of hydrogen-bond donors (Lipinski definition) is 1. The van der Waals surface area contributed by atoms with Gasteiger partial charge in [0, 0.05) is 29.6 Å². The SMILES string of the molecule is NC1CCc2c(C(=O)N(C3CCC3)C3CCC3)ccc(F)c2O1. The van der Waals surface area contributed by atoms with Gasteiger partial charge in [-0.3, -0.25) is 10.5 Å². The van der Waals surface area contributed by atoms with Crippen LogP contribution in [0.2, 0.25) is 0 Å². The van der Waals surface area contributed by atoms with E-state index < -0.39 is 12.0 Å². The lowest BCUT2D eigenvalue weighted by Gasteiger charge is -2.46. The molecule has 0 radical (unpaired) electrons. The van der Waals surface area contributed by atoms with Crippen LogP contribution in [0.4, 0.5) is 4.39 Å². The Kier molecular flexibility index (Phi) is 3.76. The van der Waals surface area contributed by atoms with Crippen molar-refractivity contribution < 1.29 is 13.9 Å². The molecule has 23 heavy (non-hydrogen) atoms. The number of fused-ring (bicyclic) bond motifs is 1. The fourth-order valence-corrected chi connectivity index (χ4v) is 3.77. The monoisotopic (exact) mass is 318 g/mol. The number of rotatable bonds is 3. The quantitative estimate of drug-likeness (QED) is 0.932. The minimum atomic E-state index is -0.489. The van der Waals surface area contributed by atoms with Crippen LogP contribution >= 0.6 is 0 Å². The van der Waals surface area contributed by atoms with Crippen LogP contribution < -0.4 is 10.5 Å². The van der Waals surface area contributed by atoms with E-state index in [1.807, 2.05) is 0 Å². The van der Waals surface area contributed by atoms with E-state index in [9.17, 15) is 9.18 Å². The first-order chi connectivity index (χ1) is 11.1. The van der Waals surface area contributed by atoms with Crippen molar-refractivity contribution in [1.29, 1.82) is 0 Å². The highest BCUT2D eigenvalue weighted by molar-refractivity contribution is 5.97. The Morgan fingerprint density at radius 2 is 1.78 bits per heavy atom. The van der Waals surface area contributed by atoms with Crippen molar-refractivity contribution in [3.8, 4) is 5.75 Å². The zero-order valence-corrected chi connectivity index (χ0v) is 13.3.